The van der Waals surface area contributed by atoms with Crippen molar-refractivity contribution in [1.29, 1.82) is 0 Å². The van der Waals surface area contributed by atoms with Crippen LogP contribution >= 0.6 is 0 Å². The van der Waals surface area contributed by atoms with Gasteiger partial charge in [0, 0.05) is 25.8 Å². The molecule has 0 spiro atoms. The number of amides is 1. The van der Waals surface area contributed by atoms with Gasteiger partial charge in [0.25, 0.3) is 5.91 Å². The van der Waals surface area contributed by atoms with Gasteiger partial charge in [-0.2, -0.15) is 5.10 Å². The van der Waals surface area contributed by atoms with Crippen molar-refractivity contribution in [3.63, 3.8) is 0 Å². The summed E-state index contributed by atoms with van der Waals surface area (Å²) in [5.74, 6) is 0.112. The highest BCUT2D eigenvalue weighted by Crippen LogP contribution is 2.14. The van der Waals surface area contributed by atoms with Gasteiger partial charge < -0.3 is 4.90 Å². The summed E-state index contributed by atoms with van der Waals surface area (Å²) in [5, 5.41) is 4.02. The standard InChI is InChI=1S/C8H11N3O/c1-6-7(5-9-10(6)2)8(12)11-3-4-11/h5H,3-4H2,1-2H3. The van der Waals surface area contributed by atoms with E-state index in [1.54, 1.807) is 15.8 Å². The fourth-order valence-electron chi connectivity index (χ4n) is 1.13. The Bertz CT molecular complexity index is 325. The second-order valence-electron chi connectivity index (χ2n) is 3.06. The highest BCUT2D eigenvalue weighted by molar-refractivity contribution is 5.96. The highest BCUT2D eigenvalue weighted by atomic mass is 16.2. The number of aromatic nitrogens is 2. The van der Waals surface area contributed by atoms with Gasteiger partial charge in [0.05, 0.1) is 11.8 Å². The van der Waals surface area contributed by atoms with Crippen LogP contribution in [0.3, 0.4) is 0 Å². The molecule has 0 aliphatic carbocycles. The molecule has 0 bridgehead atoms. The first kappa shape index (κ1) is 7.34. The maximum absolute atomic E-state index is 11.5. The van der Waals surface area contributed by atoms with E-state index in [1.165, 1.54) is 0 Å². The van der Waals surface area contributed by atoms with E-state index in [4.69, 9.17) is 0 Å². The lowest BCUT2D eigenvalue weighted by Gasteiger charge is -1.99. The summed E-state index contributed by atoms with van der Waals surface area (Å²) < 4.78 is 1.72. The molecule has 0 unspecified atom stereocenters. The quantitative estimate of drug-likeness (QED) is 0.557. The van der Waals surface area contributed by atoms with Gasteiger partial charge in [-0.15, -0.1) is 0 Å². The molecule has 1 aromatic rings. The topological polar surface area (TPSA) is 37.9 Å². The first-order valence-electron chi connectivity index (χ1n) is 3.98. The van der Waals surface area contributed by atoms with Gasteiger partial charge in [-0.25, -0.2) is 0 Å². The monoisotopic (exact) mass is 165 g/mol. The first-order valence-corrected chi connectivity index (χ1v) is 3.98. The Morgan fingerprint density at radius 3 is 2.67 bits per heavy atom. The van der Waals surface area contributed by atoms with Crippen molar-refractivity contribution in [3.8, 4) is 0 Å². The molecule has 0 N–H and O–H groups in total. The number of carbonyl (C=O) groups is 1. The van der Waals surface area contributed by atoms with E-state index in [2.05, 4.69) is 5.10 Å². The van der Waals surface area contributed by atoms with E-state index in [-0.39, 0.29) is 5.91 Å². The molecule has 1 fully saturated rings. The van der Waals surface area contributed by atoms with E-state index in [0.29, 0.717) is 0 Å². The van der Waals surface area contributed by atoms with Crippen molar-refractivity contribution in [3.05, 3.63) is 17.5 Å². The molecule has 0 saturated carbocycles. The second-order valence-corrected chi connectivity index (χ2v) is 3.06. The first-order chi connectivity index (χ1) is 5.70. The van der Waals surface area contributed by atoms with Crippen molar-refractivity contribution < 1.29 is 4.79 Å². The summed E-state index contributed by atoms with van der Waals surface area (Å²) in [7, 11) is 1.84. The predicted molar refractivity (Wildman–Crippen MR) is 43.8 cm³/mol. The van der Waals surface area contributed by atoms with Gasteiger partial charge in [0.1, 0.15) is 0 Å². The maximum atomic E-state index is 11.5. The van der Waals surface area contributed by atoms with Crippen LogP contribution < -0.4 is 0 Å². The number of carbonyl (C=O) groups excluding carboxylic acids is 1. The summed E-state index contributed by atoms with van der Waals surface area (Å²) in [6.45, 7) is 3.70. The average Bonchev–Trinajstić information content (AvgIpc) is 2.82. The van der Waals surface area contributed by atoms with E-state index in [1.807, 2.05) is 14.0 Å². The molecule has 2 rings (SSSR count). The Balaban J connectivity index is 2.32. The Kier molecular flexibility index (Phi) is 1.43. The number of hydrogen-bond acceptors (Lipinski definition) is 2. The third kappa shape index (κ3) is 0.995. The van der Waals surface area contributed by atoms with Crippen LogP contribution in [0.1, 0.15) is 16.1 Å². The van der Waals surface area contributed by atoms with Crippen molar-refractivity contribution in [1.82, 2.24) is 14.7 Å². The number of hydrogen-bond donors (Lipinski definition) is 0. The SMILES string of the molecule is Cc1c(C(=O)N2CC2)cnn1C. The molecule has 0 aromatic carbocycles. The van der Waals surface area contributed by atoms with Crippen LogP contribution in [0.2, 0.25) is 0 Å². The van der Waals surface area contributed by atoms with Crippen molar-refractivity contribution in [2.24, 2.45) is 7.05 Å². The molecule has 4 heteroatoms. The number of nitrogens with zero attached hydrogens (tertiary/aromatic N) is 3. The average molecular weight is 165 g/mol. The van der Waals surface area contributed by atoms with Gasteiger partial charge in [-0.3, -0.25) is 9.48 Å². The summed E-state index contributed by atoms with van der Waals surface area (Å²) in [6.07, 6.45) is 1.63. The van der Waals surface area contributed by atoms with Gasteiger partial charge in [-0.1, -0.05) is 0 Å². The zero-order valence-electron chi connectivity index (χ0n) is 7.24. The third-order valence-electron chi connectivity index (χ3n) is 2.20. The summed E-state index contributed by atoms with van der Waals surface area (Å²) in [4.78, 5) is 13.3. The molecule has 0 radical (unpaired) electrons. The van der Waals surface area contributed by atoms with Crippen LogP contribution in [-0.2, 0) is 7.05 Å². The van der Waals surface area contributed by atoms with E-state index in [0.717, 1.165) is 24.3 Å². The molecule has 0 atom stereocenters. The molecule has 1 aliphatic rings. The normalized spacial score (nSPS) is 15.0. The van der Waals surface area contributed by atoms with Crippen LogP contribution in [0.15, 0.2) is 6.20 Å². The van der Waals surface area contributed by atoms with Crippen molar-refractivity contribution >= 4 is 5.91 Å². The van der Waals surface area contributed by atoms with Gasteiger partial charge in [0.2, 0.25) is 0 Å². The van der Waals surface area contributed by atoms with Crippen LogP contribution in [0.4, 0.5) is 0 Å². The molecule has 2 heterocycles. The lowest BCUT2D eigenvalue weighted by atomic mass is 10.2. The molecule has 1 aliphatic heterocycles. The van der Waals surface area contributed by atoms with E-state index in [9.17, 15) is 4.79 Å². The molecular weight excluding hydrogens is 154 g/mol. The molecule has 1 saturated heterocycles. The molecule has 12 heavy (non-hydrogen) atoms. The lowest BCUT2D eigenvalue weighted by molar-refractivity contribution is 0.0884. The smallest absolute Gasteiger partial charge is 0.257 e. The van der Waals surface area contributed by atoms with Crippen LogP contribution in [0.25, 0.3) is 0 Å². The summed E-state index contributed by atoms with van der Waals surface area (Å²) in [5.41, 5.74) is 1.67. The zero-order chi connectivity index (χ0) is 8.72. The van der Waals surface area contributed by atoms with Gasteiger partial charge in [0.15, 0.2) is 0 Å². The molecule has 4 nitrogen and oxygen atoms in total. The minimum atomic E-state index is 0.112. The third-order valence-corrected chi connectivity index (χ3v) is 2.20. The second kappa shape index (κ2) is 2.33. The Labute approximate surface area is 70.8 Å². The minimum absolute atomic E-state index is 0.112. The molecule has 64 valence electrons. The molecule has 1 amide bonds. The maximum Gasteiger partial charge on any atom is 0.257 e. The van der Waals surface area contributed by atoms with Gasteiger partial charge in [-0.05, 0) is 6.92 Å². The predicted octanol–water partition coefficient (Wildman–Crippen LogP) is 0.184. The Hall–Kier alpha value is -1.32. The molecular formula is C8H11N3O. The number of aryl methyl sites for hydroxylation is 1. The molecule has 1 aromatic heterocycles. The fourth-order valence-corrected chi connectivity index (χ4v) is 1.13. The van der Waals surface area contributed by atoms with E-state index < -0.39 is 0 Å². The van der Waals surface area contributed by atoms with Crippen LogP contribution in [0.5, 0.6) is 0 Å². The number of rotatable bonds is 1. The summed E-state index contributed by atoms with van der Waals surface area (Å²) >= 11 is 0. The Morgan fingerprint density at radius 2 is 2.25 bits per heavy atom. The lowest BCUT2D eigenvalue weighted by Crippen LogP contribution is -2.11. The van der Waals surface area contributed by atoms with Gasteiger partial charge >= 0.3 is 0 Å². The fraction of sp³-hybridized carbons (Fsp3) is 0.500. The highest BCUT2D eigenvalue weighted by Gasteiger charge is 2.27. The van der Waals surface area contributed by atoms with Crippen molar-refractivity contribution in [2.75, 3.05) is 13.1 Å². The van der Waals surface area contributed by atoms with Crippen molar-refractivity contribution in [2.45, 2.75) is 6.92 Å². The summed E-state index contributed by atoms with van der Waals surface area (Å²) in [6, 6.07) is 0. The minimum Gasteiger partial charge on any atom is -0.335 e. The Morgan fingerprint density at radius 1 is 1.58 bits per heavy atom. The van der Waals surface area contributed by atoms with Crippen LogP contribution in [-0.4, -0.2) is 33.7 Å². The van der Waals surface area contributed by atoms with E-state index >= 15 is 0 Å². The van der Waals surface area contributed by atoms with Crippen LogP contribution in [0, 0.1) is 6.92 Å². The largest absolute Gasteiger partial charge is 0.335 e. The zero-order valence-corrected chi connectivity index (χ0v) is 7.24.